The average molecular weight is 863 g/mol. The molecular formula is C56H94O6. The summed E-state index contributed by atoms with van der Waals surface area (Å²) in [5.74, 6) is -1.00. The van der Waals surface area contributed by atoms with Crippen LogP contribution in [-0.4, -0.2) is 37.2 Å². The summed E-state index contributed by atoms with van der Waals surface area (Å²) in [7, 11) is 0. The van der Waals surface area contributed by atoms with Gasteiger partial charge in [0, 0.05) is 19.3 Å². The maximum atomic E-state index is 12.8. The van der Waals surface area contributed by atoms with Crippen LogP contribution >= 0.6 is 0 Å². The fourth-order valence-electron chi connectivity index (χ4n) is 6.81. The standard InChI is InChI=1S/C56H94O6/c1-4-7-10-13-16-19-22-24-26-27-28-29-31-32-34-37-40-43-46-49-55(58)61-52-53(51-60-54(57)48-45-42-39-36-21-18-15-12-9-6-3)62-56(59)50-47-44-41-38-35-33-30-25-23-20-17-14-11-8-5-2/h7,10,16,19,24-26,28-30,32,34,40,43,53H,4-6,8-9,11-15,17-18,20-23,27,31,33,35-39,41-42,44-52H2,1-3H3/b10-7-,19-16-,26-24-,29-28-,30-25-,34-32-,43-40-. The summed E-state index contributed by atoms with van der Waals surface area (Å²) in [5.41, 5.74) is 0. The predicted molar refractivity (Wildman–Crippen MR) is 265 cm³/mol. The largest absolute Gasteiger partial charge is 0.462 e. The van der Waals surface area contributed by atoms with E-state index in [4.69, 9.17) is 14.2 Å². The van der Waals surface area contributed by atoms with Crippen LogP contribution in [0.15, 0.2) is 85.1 Å². The number of hydrogen-bond acceptors (Lipinski definition) is 6. The van der Waals surface area contributed by atoms with E-state index in [0.29, 0.717) is 19.3 Å². The van der Waals surface area contributed by atoms with Crippen LogP contribution in [0.1, 0.15) is 233 Å². The normalized spacial score (nSPS) is 12.8. The molecule has 0 rings (SSSR count). The van der Waals surface area contributed by atoms with Crippen LogP contribution in [0.25, 0.3) is 0 Å². The molecule has 0 aliphatic rings. The zero-order chi connectivity index (χ0) is 45.1. The lowest BCUT2D eigenvalue weighted by atomic mass is 10.1. The van der Waals surface area contributed by atoms with Gasteiger partial charge in [-0.15, -0.1) is 0 Å². The molecule has 0 aromatic heterocycles. The van der Waals surface area contributed by atoms with Gasteiger partial charge in [-0.05, 0) is 83.5 Å². The van der Waals surface area contributed by atoms with Gasteiger partial charge in [-0.1, -0.05) is 215 Å². The first-order valence-corrected chi connectivity index (χ1v) is 25.6. The molecule has 0 radical (unpaired) electrons. The Labute approximate surface area is 382 Å². The summed E-state index contributed by atoms with van der Waals surface area (Å²) in [5, 5.41) is 0. The Morgan fingerprint density at radius 2 is 0.661 bits per heavy atom. The molecule has 0 fully saturated rings. The Hall–Kier alpha value is -3.41. The van der Waals surface area contributed by atoms with Crippen molar-refractivity contribution in [3.63, 3.8) is 0 Å². The molecule has 0 bridgehead atoms. The third-order valence-corrected chi connectivity index (χ3v) is 10.6. The summed E-state index contributed by atoms with van der Waals surface area (Å²) in [4.78, 5) is 37.9. The van der Waals surface area contributed by atoms with E-state index in [2.05, 4.69) is 99.8 Å². The fourth-order valence-corrected chi connectivity index (χ4v) is 6.81. The van der Waals surface area contributed by atoms with Gasteiger partial charge >= 0.3 is 17.9 Å². The van der Waals surface area contributed by atoms with Crippen LogP contribution in [0.4, 0.5) is 0 Å². The quantitative estimate of drug-likeness (QED) is 0.0263. The highest BCUT2D eigenvalue weighted by Crippen LogP contribution is 2.14. The average Bonchev–Trinajstić information content (AvgIpc) is 3.27. The first kappa shape index (κ1) is 58.6. The summed E-state index contributed by atoms with van der Waals surface area (Å²) >= 11 is 0. The fraction of sp³-hybridized carbons (Fsp3) is 0.696. The van der Waals surface area contributed by atoms with Crippen molar-refractivity contribution in [1.82, 2.24) is 0 Å². The van der Waals surface area contributed by atoms with Crippen LogP contribution in [0.5, 0.6) is 0 Å². The van der Waals surface area contributed by atoms with Crippen LogP contribution in [-0.2, 0) is 28.6 Å². The lowest BCUT2D eigenvalue weighted by molar-refractivity contribution is -0.166. The number of carbonyl (C=O) groups is 3. The Kier molecular flexibility index (Phi) is 47.5. The molecule has 1 atom stereocenters. The Morgan fingerprint density at radius 3 is 1.08 bits per heavy atom. The lowest BCUT2D eigenvalue weighted by Crippen LogP contribution is -2.30. The molecule has 0 aromatic rings. The van der Waals surface area contributed by atoms with Gasteiger partial charge in [0.05, 0.1) is 0 Å². The van der Waals surface area contributed by atoms with E-state index in [9.17, 15) is 14.4 Å². The van der Waals surface area contributed by atoms with Crippen molar-refractivity contribution >= 4 is 17.9 Å². The van der Waals surface area contributed by atoms with Gasteiger partial charge in [-0.25, -0.2) is 0 Å². The molecule has 0 N–H and O–H groups in total. The maximum absolute atomic E-state index is 12.8. The number of rotatable bonds is 45. The van der Waals surface area contributed by atoms with Crippen LogP contribution < -0.4 is 0 Å². The van der Waals surface area contributed by atoms with E-state index in [1.807, 2.05) is 6.08 Å². The van der Waals surface area contributed by atoms with Gasteiger partial charge in [0.25, 0.3) is 0 Å². The van der Waals surface area contributed by atoms with Crippen molar-refractivity contribution in [3.8, 4) is 0 Å². The van der Waals surface area contributed by atoms with Crippen LogP contribution in [0, 0.1) is 0 Å². The molecule has 0 amide bonds. The maximum Gasteiger partial charge on any atom is 0.306 e. The molecule has 0 heterocycles. The second kappa shape index (κ2) is 50.2. The number of hydrogen-bond donors (Lipinski definition) is 0. The monoisotopic (exact) mass is 863 g/mol. The number of ether oxygens (including phenoxy) is 3. The van der Waals surface area contributed by atoms with E-state index in [0.717, 1.165) is 89.9 Å². The third-order valence-electron chi connectivity index (χ3n) is 10.6. The Morgan fingerprint density at radius 1 is 0.339 bits per heavy atom. The highest BCUT2D eigenvalue weighted by molar-refractivity contribution is 5.71. The SMILES string of the molecule is CC/C=C\C/C=C\C/C=C\C/C=C\C/C=C\C/C=C\CCC(=O)OCC(COC(=O)CCCCCCCCCCCC)OC(=O)CCCCCCC/C=C\CCCCCCCC. The number of carbonyl (C=O) groups excluding carboxylic acids is 3. The van der Waals surface area contributed by atoms with Gasteiger partial charge < -0.3 is 14.2 Å². The number of unbranched alkanes of at least 4 members (excludes halogenated alkanes) is 20. The van der Waals surface area contributed by atoms with Crippen LogP contribution in [0.2, 0.25) is 0 Å². The first-order chi connectivity index (χ1) is 30.5. The first-order valence-electron chi connectivity index (χ1n) is 25.6. The second-order valence-electron chi connectivity index (χ2n) is 16.7. The zero-order valence-corrected chi connectivity index (χ0v) is 40.4. The van der Waals surface area contributed by atoms with Crippen molar-refractivity contribution in [2.75, 3.05) is 13.2 Å². The summed E-state index contributed by atoms with van der Waals surface area (Å²) in [6.45, 7) is 6.43. The number of allylic oxidation sites excluding steroid dienone is 14. The molecule has 0 aliphatic heterocycles. The van der Waals surface area contributed by atoms with Gasteiger partial charge in [-0.2, -0.15) is 0 Å². The van der Waals surface area contributed by atoms with E-state index in [1.165, 1.54) is 96.3 Å². The third kappa shape index (κ3) is 47.6. The zero-order valence-electron chi connectivity index (χ0n) is 40.4. The van der Waals surface area contributed by atoms with Crippen molar-refractivity contribution in [3.05, 3.63) is 85.1 Å². The smallest absolute Gasteiger partial charge is 0.306 e. The molecule has 0 aliphatic carbocycles. The minimum absolute atomic E-state index is 0.102. The molecule has 0 spiro atoms. The molecule has 0 saturated carbocycles. The molecule has 6 nitrogen and oxygen atoms in total. The minimum atomic E-state index is -0.808. The van der Waals surface area contributed by atoms with Crippen molar-refractivity contribution in [2.45, 2.75) is 239 Å². The molecular weight excluding hydrogens is 769 g/mol. The second-order valence-corrected chi connectivity index (χ2v) is 16.7. The molecule has 6 heteroatoms. The van der Waals surface area contributed by atoms with Gasteiger partial charge in [0.2, 0.25) is 0 Å². The van der Waals surface area contributed by atoms with Gasteiger partial charge in [0.15, 0.2) is 6.10 Å². The molecule has 1 unspecified atom stereocenters. The van der Waals surface area contributed by atoms with E-state index >= 15 is 0 Å². The topological polar surface area (TPSA) is 78.9 Å². The van der Waals surface area contributed by atoms with Crippen molar-refractivity contribution in [1.29, 1.82) is 0 Å². The summed E-state index contributed by atoms with van der Waals surface area (Å²) < 4.78 is 16.7. The van der Waals surface area contributed by atoms with Crippen molar-refractivity contribution < 1.29 is 28.6 Å². The Balaban J connectivity index is 4.48. The molecule has 0 saturated heterocycles. The van der Waals surface area contributed by atoms with E-state index in [-0.39, 0.29) is 37.5 Å². The van der Waals surface area contributed by atoms with Crippen LogP contribution in [0.3, 0.4) is 0 Å². The van der Waals surface area contributed by atoms with Crippen molar-refractivity contribution in [2.24, 2.45) is 0 Å². The lowest BCUT2D eigenvalue weighted by Gasteiger charge is -2.18. The minimum Gasteiger partial charge on any atom is -0.462 e. The van der Waals surface area contributed by atoms with Gasteiger partial charge in [0.1, 0.15) is 13.2 Å². The summed E-state index contributed by atoms with van der Waals surface area (Å²) in [6.07, 6.45) is 64.4. The highest BCUT2D eigenvalue weighted by Gasteiger charge is 2.19. The van der Waals surface area contributed by atoms with E-state index in [1.54, 1.807) is 0 Å². The predicted octanol–water partition coefficient (Wildman–Crippen LogP) is 16.8. The highest BCUT2D eigenvalue weighted by atomic mass is 16.6. The molecule has 0 aromatic carbocycles. The summed E-state index contributed by atoms with van der Waals surface area (Å²) in [6, 6.07) is 0. The Bertz CT molecular complexity index is 1220. The molecule has 62 heavy (non-hydrogen) atoms. The number of esters is 3. The van der Waals surface area contributed by atoms with Gasteiger partial charge in [-0.3, -0.25) is 14.4 Å². The molecule has 354 valence electrons. The van der Waals surface area contributed by atoms with E-state index < -0.39 is 6.10 Å².